The van der Waals surface area contributed by atoms with Gasteiger partial charge in [0.05, 0.1) is 0 Å². The molecule has 0 aromatic heterocycles. The average Bonchev–Trinajstić information content (AvgIpc) is 3.38. The molecular formula is C66H128O6. The quantitative estimate of drug-likeness (QED) is 0.0343. The second kappa shape index (κ2) is 60.3. The summed E-state index contributed by atoms with van der Waals surface area (Å²) in [4.78, 5) is 38.3. The fourth-order valence-corrected chi connectivity index (χ4v) is 10.3. The van der Waals surface area contributed by atoms with Gasteiger partial charge in [-0.1, -0.05) is 342 Å². The Balaban J connectivity index is 4.26. The molecule has 6 heteroatoms. The van der Waals surface area contributed by atoms with Crippen molar-refractivity contribution < 1.29 is 28.6 Å². The Morgan fingerprint density at radius 3 is 0.722 bits per heavy atom. The fraction of sp³-hybridized carbons (Fsp3) is 0.955. The number of rotatable bonds is 61. The first-order valence-electron chi connectivity index (χ1n) is 32.9. The van der Waals surface area contributed by atoms with Gasteiger partial charge in [0.2, 0.25) is 0 Å². The van der Waals surface area contributed by atoms with E-state index in [1.165, 1.54) is 276 Å². The zero-order chi connectivity index (χ0) is 52.3. The minimum atomic E-state index is -0.763. The molecule has 0 heterocycles. The molecule has 1 unspecified atom stereocenters. The van der Waals surface area contributed by atoms with Gasteiger partial charge in [-0.3, -0.25) is 14.4 Å². The molecule has 0 bridgehead atoms. The van der Waals surface area contributed by atoms with Crippen molar-refractivity contribution >= 4 is 17.9 Å². The van der Waals surface area contributed by atoms with E-state index in [4.69, 9.17) is 14.2 Å². The molecule has 0 fully saturated rings. The summed E-state index contributed by atoms with van der Waals surface area (Å²) < 4.78 is 17.0. The second-order valence-electron chi connectivity index (χ2n) is 23.0. The van der Waals surface area contributed by atoms with Crippen LogP contribution in [0, 0.1) is 5.92 Å². The molecular weight excluding hydrogens is 889 g/mol. The lowest BCUT2D eigenvalue weighted by atomic mass is 9.99. The Morgan fingerprint density at radius 1 is 0.278 bits per heavy atom. The van der Waals surface area contributed by atoms with E-state index in [1.54, 1.807) is 0 Å². The van der Waals surface area contributed by atoms with Gasteiger partial charge in [-0.2, -0.15) is 0 Å². The van der Waals surface area contributed by atoms with Crippen molar-refractivity contribution in [2.45, 2.75) is 387 Å². The lowest BCUT2D eigenvalue weighted by molar-refractivity contribution is -0.167. The highest BCUT2D eigenvalue weighted by Crippen LogP contribution is 2.19. The first-order valence-corrected chi connectivity index (χ1v) is 32.9. The van der Waals surface area contributed by atoms with Crippen LogP contribution in [0.15, 0.2) is 0 Å². The summed E-state index contributed by atoms with van der Waals surface area (Å²) in [6.07, 6.45) is 68.1. The highest BCUT2D eigenvalue weighted by atomic mass is 16.6. The molecule has 0 rings (SSSR count). The third-order valence-electron chi connectivity index (χ3n) is 15.7. The first kappa shape index (κ1) is 70.4. The zero-order valence-electron chi connectivity index (χ0n) is 49.4. The van der Waals surface area contributed by atoms with E-state index in [0.29, 0.717) is 19.3 Å². The zero-order valence-corrected chi connectivity index (χ0v) is 49.4. The first-order chi connectivity index (χ1) is 35.4. The highest BCUT2D eigenvalue weighted by Gasteiger charge is 2.19. The van der Waals surface area contributed by atoms with Gasteiger partial charge in [0, 0.05) is 19.3 Å². The molecule has 0 radical (unpaired) electrons. The molecule has 0 saturated carbocycles. The normalized spacial score (nSPS) is 12.3. The fourth-order valence-electron chi connectivity index (χ4n) is 10.3. The lowest BCUT2D eigenvalue weighted by Crippen LogP contribution is -2.30. The van der Waals surface area contributed by atoms with E-state index < -0.39 is 6.10 Å². The van der Waals surface area contributed by atoms with Gasteiger partial charge in [0.25, 0.3) is 0 Å². The molecule has 0 amide bonds. The molecule has 0 spiro atoms. The maximum absolute atomic E-state index is 12.9. The molecule has 0 aromatic carbocycles. The summed E-state index contributed by atoms with van der Waals surface area (Å²) in [6.45, 7) is 9.14. The molecule has 72 heavy (non-hydrogen) atoms. The molecule has 428 valence electrons. The summed E-state index contributed by atoms with van der Waals surface area (Å²) in [6, 6.07) is 0. The summed E-state index contributed by atoms with van der Waals surface area (Å²) in [7, 11) is 0. The van der Waals surface area contributed by atoms with Crippen LogP contribution >= 0.6 is 0 Å². The predicted octanol–water partition coefficient (Wildman–Crippen LogP) is 22.1. The van der Waals surface area contributed by atoms with Gasteiger partial charge in [-0.15, -0.1) is 0 Å². The number of unbranched alkanes of at least 4 members (excludes halogenated alkanes) is 47. The molecule has 0 N–H and O–H groups in total. The Morgan fingerprint density at radius 2 is 0.486 bits per heavy atom. The van der Waals surface area contributed by atoms with E-state index >= 15 is 0 Å². The molecule has 6 nitrogen and oxygen atoms in total. The van der Waals surface area contributed by atoms with Crippen molar-refractivity contribution in [1.29, 1.82) is 0 Å². The van der Waals surface area contributed by atoms with Crippen LogP contribution in [0.5, 0.6) is 0 Å². The van der Waals surface area contributed by atoms with Crippen LogP contribution in [0.3, 0.4) is 0 Å². The van der Waals surface area contributed by atoms with Crippen LogP contribution in [0.25, 0.3) is 0 Å². The third-order valence-corrected chi connectivity index (χ3v) is 15.7. The Hall–Kier alpha value is -1.59. The van der Waals surface area contributed by atoms with E-state index in [1.807, 2.05) is 0 Å². The van der Waals surface area contributed by atoms with E-state index in [0.717, 1.165) is 63.7 Å². The monoisotopic (exact) mass is 1020 g/mol. The van der Waals surface area contributed by atoms with Crippen LogP contribution in [0.2, 0.25) is 0 Å². The summed E-state index contributed by atoms with van der Waals surface area (Å²) in [5.41, 5.74) is 0. The van der Waals surface area contributed by atoms with Crippen LogP contribution in [0.1, 0.15) is 381 Å². The van der Waals surface area contributed by atoms with E-state index in [-0.39, 0.29) is 31.1 Å². The van der Waals surface area contributed by atoms with Crippen LogP contribution in [-0.2, 0) is 28.6 Å². The number of hydrogen-bond acceptors (Lipinski definition) is 6. The van der Waals surface area contributed by atoms with Crippen molar-refractivity contribution in [3.63, 3.8) is 0 Å². The van der Waals surface area contributed by atoms with Crippen LogP contribution in [-0.4, -0.2) is 37.2 Å². The molecule has 0 aliphatic carbocycles. The van der Waals surface area contributed by atoms with Gasteiger partial charge in [-0.25, -0.2) is 0 Å². The van der Waals surface area contributed by atoms with Gasteiger partial charge >= 0.3 is 17.9 Å². The molecule has 0 aromatic rings. The molecule has 0 aliphatic heterocycles. The van der Waals surface area contributed by atoms with Gasteiger partial charge < -0.3 is 14.2 Å². The number of carbonyl (C=O) groups is 3. The van der Waals surface area contributed by atoms with Crippen LogP contribution in [0.4, 0.5) is 0 Å². The topological polar surface area (TPSA) is 78.9 Å². The maximum atomic E-state index is 12.9. The Bertz CT molecular complexity index is 1090. The minimum Gasteiger partial charge on any atom is -0.462 e. The number of esters is 3. The molecule has 0 aliphatic rings. The van der Waals surface area contributed by atoms with Gasteiger partial charge in [-0.05, 0) is 25.2 Å². The number of ether oxygens (including phenoxy) is 3. The minimum absolute atomic E-state index is 0.0609. The Labute approximate surface area is 450 Å². The second-order valence-corrected chi connectivity index (χ2v) is 23.0. The van der Waals surface area contributed by atoms with E-state index in [2.05, 4.69) is 27.7 Å². The number of carbonyl (C=O) groups excluding carboxylic acids is 3. The summed E-state index contributed by atoms with van der Waals surface area (Å²) in [5, 5.41) is 0. The maximum Gasteiger partial charge on any atom is 0.306 e. The molecule has 2 atom stereocenters. The van der Waals surface area contributed by atoms with Crippen molar-refractivity contribution in [3.8, 4) is 0 Å². The third kappa shape index (κ3) is 57.7. The Kier molecular flexibility index (Phi) is 58.9. The van der Waals surface area contributed by atoms with Crippen molar-refractivity contribution in [3.05, 3.63) is 0 Å². The lowest BCUT2D eigenvalue weighted by Gasteiger charge is -2.18. The number of hydrogen-bond donors (Lipinski definition) is 0. The predicted molar refractivity (Wildman–Crippen MR) is 312 cm³/mol. The molecule has 0 saturated heterocycles. The van der Waals surface area contributed by atoms with Crippen molar-refractivity contribution in [2.75, 3.05) is 13.2 Å². The van der Waals surface area contributed by atoms with Gasteiger partial charge in [0.1, 0.15) is 13.2 Å². The largest absolute Gasteiger partial charge is 0.462 e. The SMILES string of the molecule is CCCCCCCCCCCCCCCCCCCC(=O)OC[C@H](COC(=O)CCCCCCCCCCCCCCCCC)OC(=O)CCCCCCCCCCCCCCCCCCCCC(C)CC. The van der Waals surface area contributed by atoms with E-state index in [9.17, 15) is 14.4 Å². The smallest absolute Gasteiger partial charge is 0.306 e. The van der Waals surface area contributed by atoms with Crippen molar-refractivity contribution in [1.82, 2.24) is 0 Å². The average molecular weight is 1020 g/mol. The summed E-state index contributed by atoms with van der Waals surface area (Å²) >= 11 is 0. The van der Waals surface area contributed by atoms with Gasteiger partial charge in [0.15, 0.2) is 6.10 Å². The summed E-state index contributed by atoms with van der Waals surface area (Å²) in [5.74, 6) is 0.0841. The standard InChI is InChI=1S/C66H128O6/c1-5-8-10-12-14-16-18-20-22-25-30-34-38-42-46-50-54-58-65(68)71-61-63(60-70-64(67)57-53-49-45-41-37-33-28-21-19-17-15-13-11-9-6-2)72-66(69)59-55-51-47-43-39-35-31-27-24-23-26-29-32-36-40-44-48-52-56-62(4)7-3/h62-63H,5-61H2,1-4H3/t62?,63-/m0/s1. The highest BCUT2D eigenvalue weighted by molar-refractivity contribution is 5.71. The van der Waals surface area contributed by atoms with Crippen LogP contribution < -0.4 is 0 Å². The van der Waals surface area contributed by atoms with Crippen molar-refractivity contribution in [2.24, 2.45) is 5.92 Å².